The highest BCUT2D eigenvalue weighted by atomic mass is 32.1. The summed E-state index contributed by atoms with van der Waals surface area (Å²) in [5.74, 6) is 1.89. The van der Waals surface area contributed by atoms with E-state index in [2.05, 4.69) is 22.0 Å². The second-order valence-corrected chi connectivity index (χ2v) is 7.18. The van der Waals surface area contributed by atoms with Crippen molar-refractivity contribution < 1.29 is 9.21 Å². The summed E-state index contributed by atoms with van der Waals surface area (Å²) in [6, 6.07) is 4.03. The van der Waals surface area contributed by atoms with Crippen LogP contribution in [0, 0.1) is 5.92 Å². The lowest BCUT2D eigenvalue weighted by Gasteiger charge is -2.37. The summed E-state index contributed by atoms with van der Waals surface area (Å²) in [7, 11) is 0. The molecule has 0 N–H and O–H groups in total. The summed E-state index contributed by atoms with van der Waals surface area (Å²) in [6.07, 6.45) is 2.14. The first kappa shape index (κ1) is 14.8. The summed E-state index contributed by atoms with van der Waals surface area (Å²) in [6.45, 7) is 5.40. The molecule has 122 valence electrons. The molecule has 2 aliphatic rings. The third-order valence-corrected chi connectivity index (χ3v) is 5.49. The zero-order valence-electron chi connectivity index (χ0n) is 13.1. The first-order chi connectivity index (χ1) is 11.2. The fraction of sp³-hybridized carbons (Fsp3) is 0.562. The van der Waals surface area contributed by atoms with Crippen molar-refractivity contribution in [1.82, 2.24) is 20.0 Å². The Labute approximate surface area is 139 Å². The number of rotatable bonds is 4. The summed E-state index contributed by atoms with van der Waals surface area (Å²) >= 11 is 1.59. The molecule has 0 aromatic carbocycles. The molecule has 1 aliphatic heterocycles. The van der Waals surface area contributed by atoms with Gasteiger partial charge in [-0.1, -0.05) is 6.07 Å². The fourth-order valence-electron chi connectivity index (χ4n) is 2.98. The standard InChI is InChI=1S/C16H20N4O2S/c1-11(14-17-18-15(22-14)13-3-2-10-23-13)19-6-8-20(9-7-19)16(21)12-4-5-12/h2-3,10-12H,4-9H2,1H3/t11-/m1/s1. The van der Waals surface area contributed by atoms with E-state index in [4.69, 9.17) is 4.42 Å². The maximum Gasteiger partial charge on any atom is 0.257 e. The van der Waals surface area contributed by atoms with Crippen LogP contribution in [0.3, 0.4) is 0 Å². The van der Waals surface area contributed by atoms with E-state index in [1.807, 2.05) is 22.4 Å². The smallest absolute Gasteiger partial charge is 0.257 e. The van der Waals surface area contributed by atoms with Gasteiger partial charge in [-0.3, -0.25) is 9.69 Å². The normalized spacial score (nSPS) is 20.7. The number of hydrogen-bond acceptors (Lipinski definition) is 6. The van der Waals surface area contributed by atoms with Crippen LogP contribution in [0.25, 0.3) is 10.8 Å². The highest BCUT2D eigenvalue weighted by Crippen LogP contribution is 2.32. The minimum Gasteiger partial charge on any atom is -0.418 e. The molecule has 1 saturated carbocycles. The molecule has 0 unspecified atom stereocenters. The third-order valence-electron chi connectivity index (χ3n) is 4.63. The van der Waals surface area contributed by atoms with Gasteiger partial charge in [-0.05, 0) is 31.2 Å². The minimum atomic E-state index is 0.0781. The number of piperazine rings is 1. The van der Waals surface area contributed by atoms with Gasteiger partial charge in [-0.15, -0.1) is 21.5 Å². The third kappa shape index (κ3) is 3.03. The Morgan fingerprint density at radius 2 is 2.09 bits per heavy atom. The van der Waals surface area contributed by atoms with Gasteiger partial charge in [-0.25, -0.2) is 0 Å². The van der Waals surface area contributed by atoms with E-state index in [1.165, 1.54) is 0 Å². The zero-order valence-corrected chi connectivity index (χ0v) is 14.0. The van der Waals surface area contributed by atoms with Crippen LogP contribution in [0.2, 0.25) is 0 Å². The van der Waals surface area contributed by atoms with E-state index in [-0.39, 0.29) is 6.04 Å². The number of carbonyl (C=O) groups is 1. The first-order valence-corrected chi connectivity index (χ1v) is 9.00. The van der Waals surface area contributed by atoms with Gasteiger partial charge in [0, 0.05) is 32.1 Å². The number of thiophene rings is 1. The Morgan fingerprint density at radius 3 is 2.74 bits per heavy atom. The van der Waals surface area contributed by atoms with E-state index >= 15 is 0 Å². The summed E-state index contributed by atoms with van der Waals surface area (Å²) in [5, 5.41) is 10.4. The van der Waals surface area contributed by atoms with E-state index in [0.717, 1.165) is 43.9 Å². The predicted molar refractivity (Wildman–Crippen MR) is 86.9 cm³/mol. The quantitative estimate of drug-likeness (QED) is 0.860. The molecule has 2 aromatic rings. The van der Waals surface area contributed by atoms with E-state index in [1.54, 1.807) is 11.3 Å². The SMILES string of the molecule is C[C@H](c1nnc(-c2cccs2)o1)N1CCN(C(=O)C2CC2)CC1. The van der Waals surface area contributed by atoms with Crippen molar-refractivity contribution in [1.29, 1.82) is 0 Å². The minimum absolute atomic E-state index is 0.0781. The second-order valence-electron chi connectivity index (χ2n) is 6.23. The van der Waals surface area contributed by atoms with Gasteiger partial charge in [-0.2, -0.15) is 0 Å². The highest BCUT2D eigenvalue weighted by Gasteiger charge is 2.35. The maximum atomic E-state index is 12.1. The van der Waals surface area contributed by atoms with Crippen LogP contribution in [0.15, 0.2) is 21.9 Å². The summed E-state index contributed by atoms with van der Waals surface area (Å²) < 4.78 is 5.83. The number of hydrogen-bond donors (Lipinski definition) is 0. The Balaban J connectivity index is 1.38. The second kappa shape index (κ2) is 6.05. The van der Waals surface area contributed by atoms with Crippen molar-refractivity contribution in [2.75, 3.05) is 26.2 Å². The van der Waals surface area contributed by atoms with Crippen molar-refractivity contribution in [2.24, 2.45) is 5.92 Å². The van der Waals surface area contributed by atoms with E-state index in [0.29, 0.717) is 23.6 Å². The first-order valence-electron chi connectivity index (χ1n) is 8.12. The van der Waals surface area contributed by atoms with Crippen molar-refractivity contribution in [3.05, 3.63) is 23.4 Å². The lowest BCUT2D eigenvalue weighted by atomic mass is 10.2. The largest absolute Gasteiger partial charge is 0.418 e. The van der Waals surface area contributed by atoms with Crippen molar-refractivity contribution in [2.45, 2.75) is 25.8 Å². The van der Waals surface area contributed by atoms with Crippen molar-refractivity contribution in [3.8, 4) is 10.8 Å². The Bertz CT molecular complexity index is 672. The molecular formula is C16H20N4O2S. The molecule has 0 radical (unpaired) electrons. The number of amides is 1. The molecule has 0 spiro atoms. The lowest BCUT2D eigenvalue weighted by molar-refractivity contribution is -0.134. The topological polar surface area (TPSA) is 62.5 Å². The van der Waals surface area contributed by atoms with Gasteiger partial charge in [0.1, 0.15) is 0 Å². The van der Waals surface area contributed by atoms with Crippen molar-refractivity contribution >= 4 is 17.2 Å². The molecule has 3 heterocycles. The molecule has 4 rings (SSSR count). The molecular weight excluding hydrogens is 312 g/mol. The molecule has 23 heavy (non-hydrogen) atoms. The molecule has 1 aliphatic carbocycles. The van der Waals surface area contributed by atoms with Gasteiger partial charge < -0.3 is 9.32 Å². The van der Waals surface area contributed by atoms with Gasteiger partial charge in [0.25, 0.3) is 5.89 Å². The highest BCUT2D eigenvalue weighted by molar-refractivity contribution is 7.13. The van der Waals surface area contributed by atoms with Gasteiger partial charge in [0.2, 0.25) is 11.8 Å². The van der Waals surface area contributed by atoms with Crippen LogP contribution in [-0.2, 0) is 4.79 Å². The van der Waals surface area contributed by atoms with E-state index in [9.17, 15) is 4.79 Å². The monoisotopic (exact) mass is 332 g/mol. The zero-order chi connectivity index (χ0) is 15.8. The number of aromatic nitrogens is 2. The van der Waals surface area contributed by atoms with Gasteiger partial charge >= 0.3 is 0 Å². The van der Waals surface area contributed by atoms with Crippen LogP contribution < -0.4 is 0 Å². The maximum absolute atomic E-state index is 12.1. The van der Waals surface area contributed by atoms with Gasteiger partial charge in [0.05, 0.1) is 10.9 Å². The number of nitrogens with zero attached hydrogens (tertiary/aromatic N) is 4. The Kier molecular flexibility index (Phi) is 3.90. The molecule has 1 atom stereocenters. The average molecular weight is 332 g/mol. The average Bonchev–Trinajstić information content (AvgIpc) is 3.09. The fourth-order valence-corrected chi connectivity index (χ4v) is 3.62. The van der Waals surface area contributed by atoms with Crippen molar-refractivity contribution in [3.63, 3.8) is 0 Å². The molecule has 1 amide bonds. The van der Waals surface area contributed by atoms with Crippen LogP contribution >= 0.6 is 11.3 Å². The molecule has 2 aromatic heterocycles. The Morgan fingerprint density at radius 1 is 1.30 bits per heavy atom. The van der Waals surface area contributed by atoms with E-state index < -0.39 is 0 Å². The van der Waals surface area contributed by atoms with Crippen LogP contribution in [-0.4, -0.2) is 52.1 Å². The molecule has 6 nitrogen and oxygen atoms in total. The molecule has 0 bridgehead atoms. The van der Waals surface area contributed by atoms with Gasteiger partial charge in [0.15, 0.2) is 0 Å². The molecule has 7 heteroatoms. The lowest BCUT2D eigenvalue weighted by Crippen LogP contribution is -2.49. The Hall–Kier alpha value is -1.73. The predicted octanol–water partition coefficient (Wildman–Crippen LogP) is 2.41. The number of carbonyl (C=O) groups excluding carboxylic acids is 1. The van der Waals surface area contributed by atoms with Crippen LogP contribution in [0.1, 0.15) is 31.7 Å². The molecule has 1 saturated heterocycles. The van der Waals surface area contributed by atoms with Crippen LogP contribution in [0.4, 0.5) is 0 Å². The summed E-state index contributed by atoms with van der Waals surface area (Å²) in [4.78, 5) is 17.4. The summed E-state index contributed by atoms with van der Waals surface area (Å²) in [5.41, 5.74) is 0. The molecule has 2 fully saturated rings. The van der Waals surface area contributed by atoms with Crippen LogP contribution in [0.5, 0.6) is 0 Å².